The van der Waals surface area contributed by atoms with Crippen molar-refractivity contribution >= 4 is 22.6 Å². The fourth-order valence-electron chi connectivity index (χ4n) is 3.34. The molecule has 6 nitrogen and oxygen atoms in total. The highest BCUT2D eigenvalue weighted by molar-refractivity contribution is 5.91. The maximum absolute atomic E-state index is 12.5. The van der Waals surface area contributed by atoms with Gasteiger partial charge in [0.2, 0.25) is 5.91 Å². The summed E-state index contributed by atoms with van der Waals surface area (Å²) in [6.45, 7) is 3.53. The molecular formula is C21H23N3O3. The van der Waals surface area contributed by atoms with E-state index in [-0.39, 0.29) is 18.6 Å². The molecule has 0 bridgehead atoms. The number of anilines is 1. The zero-order valence-electron chi connectivity index (χ0n) is 15.4. The second-order valence-corrected chi connectivity index (χ2v) is 6.75. The van der Waals surface area contributed by atoms with Crippen molar-refractivity contribution in [1.29, 1.82) is 0 Å². The normalized spacial score (nSPS) is 16.6. The minimum absolute atomic E-state index is 0.0886. The molecule has 0 radical (unpaired) electrons. The molecule has 1 fully saturated rings. The van der Waals surface area contributed by atoms with E-state index in [1.165, 1.54) is 0 Å². The lowest BCUT2D eigenvalue weighted by Gasteiger charge is -2.12. The number of hydrogen-bond donors (Lipinski definition) is 1. The van der Waals surface area contributed by atoms with Crippen molar-refractivity contribution in [3.63, 3.8) is 0 Å². The molecule has 0 aliphatic carbocycles. The first-order valence-electron chi connectivity index (χ1n) is 9.25. The summed E-state index contributed by atoms with van der Waals surface area (Å²) >= 11 is 0. The molecule has 2 aromatic carbocycles. The Bertz CT molecular complexity index is 927. The summed E-state index contributed by atoms with van der Waals surface area (Å²) < 4.78 is 13.2. The molecule has 27 heavy (non-hydrogen) atoms. The molecule has 1 aliphatic rings. The van der Waals surface area contributed by atoms with Gasteiger partial charge in [0, 0.05) is 12.3 Å². The van der Waals surface area contributed by atoms with E-state index < -0.39 is 0 Å². The predicted octanol–water partition coefficient (Wildman–Crippen LogP) is 3.54. The SMILES string of the molecule is Cc1nc2ccccc2n1CC(=O)Nc1ccc(OC[C@@H]2CCCO2)cc1. The molecule has 6 heteroatoms. The van der Waals surface area contributed by atoms with E-state index in [9.17, 15) is 4.79 Å². The number of imidazole rings is 1. The molecule has 1 amide bonds. The van der Waals surface area contributed by atoms with Crippen LogP contribution in [0, 0.1) is 6.92 Å². The van der Waals surface area contributed by atoms with Gasteiger partial charge in [0.05, 0.1) is 17.1 Å². The van der Waals surface area contributed by atoms with Crippen molar-refractivity contribution in [1.82, 2.24) is 9.55 Å². The van der Waals surface area contributed by atoms with Crippen LogP contribution in [0.2, 0.25) is 0 Å². The molecule has 1 N–H and O–H groups in total. The molecular weight excluding hydrogens is 342 g/mol. The standard InChI is InChI=1S/C21H23N3O3/c1-15-22-19-6-2-3-7-20(19)24(15)13-21(25)23-16-8-10-17(11-9-16)27-14-18-5-4-12-26-18/h2-3,6-11,18H,4-5,12-14H2,1H3,(H,23,25)/t18-/m0/s1. The predicted molar refractivity (Wildman–Crippen MR) is 104 cm³/mol. The second-order valence-electron chi connectivity index (χ2n) is 6.75. The van der Waals surface area contributed by atoms with Crippen molar-refractivity contribution in [2.24, 2.45) is 0 Å². The largest absolute Gasteiger partial charge is 0.491 e. The van der Waals surface area contributed by atoms with E-state index in [0.29, 0.717) is 6.61 Å². The van der Waals surface area contributed by atoms with E-state index >= 15 is 0 Å². The van der Waals surface area contributed by atoms with Crippen molar-refractivity contribution in [2.75, 3.05) is 18.5 Å². The quantitative estimate of drug-likeness (QED) is 0.726. The van der Waals surface area contributed by atoms with E-state index in [2.05, 4.69) is 10.3 Å². The highest BCUT2D eigenvalue weighted by atomic mass is 16.5. The Morgan fingerprint density at radius 2 is 2.07 bits per heavy atom. The molecule has 140 valence electrons. The zero-order chi connectivity index (χ0) is 18.6. The molecule has 0 spiro atoms. The number of nitrogens with one attached hydrogen (secondary N) is 1. The molecule has 0 saturated carbocycles. The van der Waals surface area contributed by atoms with Gasteiger partial charge in [-0.05, 0) is 56.2 Å². The van der Waals surface area contributed by atoms with Crippen LogP contribution in [0.1, 0.15) is 18.7 Å². The third kappa shape index (κ3) is 4.11. The molecule has 1 aliphatic heterocycles. The van der Waals surface area contributed by atoms with Gasteiger partial charge in [-0.1, -0.05) is 12.1 Å². The monoisotopic (exact) mass is 365 g/mol. The van der Waals surface area contributed by atoms with Crippen molar-refractivity contribution in [3.8, 4) is 5.75 Å². The number of ether oxygens (including phenoxy) is 2. The number of aromatic nitrogens is 2. The lowest BCUT2D eigenvalue weighted by atomic mass is 10.2. The number of rotatable bonds is 6. The fraction of sp³-hybridized carbons (Fsp3) is 0.333. The van der Waals surface area contributed by atoms with Crippen LogP contribution in [0.5, 0.6) is 5.75 Å². The number of carbonyl (C=O) groups is 1. The van der Waals surface area contributed by atoms with Gasteiger partial charge in [0.1, 0.15) is 24.7 Å². The summed E-state index contributed by atoms with van der Waals surface area (Å²) in [6, 6.07) is 15.2. The summed E-state index contributed by atoms with van der Waals surface area (Å²) in [7, 11) is 0. The summed E-state index contributed by atoms with van der Waals surface area (Å²) in [4.78, 5) is 16.9. The number of hydrogen-bond acceptors (Lipinski definition) is 4. The van der Waals surface area contributed by atoms with E-state index in [4.69, 9.17) is 9.47 Å². The van der Waals surface area contributed by atoms with Crippen LogP contribution >= 0.6 is 0 Å². The lowest BCUT2D eigenvalue weighted by molar-refractivity contribution is -0.116. The molecule has 1 atom stereocenters. The van der Waals surface area contributed by atoms with Crippen LogP contribution in [0.25, 0.3) is 11.0 Å². The van der Waals surface area contributed by atoms with Crippen LogP contribution in [0.4, 0.5) is 5.69 Å². The first-order chi connectivity index (χ1) is 13.2. The third-order valence-electron chi connectivity index (χ3n) is 4.75. The first-order valence-corrected chi connectivity index (χ1v) is 9.25. The van der Waals surface area contributed by atoms with Gasteiger partial charge in [-0.3, -0.25) is 4.79 Å². The Hall–Kier alpha value is -2.86. The maximum Gasteiger partial charge on any atom is 0.244 e. The Labute approximate surface area is 158 Å². The van der Waals surface area contributed by atoms with E-state index in [0.717, 1.165) is 47.7 Å². The number of nitrogens with zero attached hydrogens (tertiary/aromatic N) is 2. The minimum Gasteiger partial charge on any atom is -0.491 e. The highest BCUT2D eigenvalue weighted by Crippen LogP contribution is 2.19. The minimum atomic E-state index is -0.0886. The summed E-state index contributed by atoms with van der Waals surface area (Å²) in [5.74, 6) is 1.51. The van der Waals surface area contributed by atoms with Gasteiger partial charge in [-0.2, -0.15) is 0 Å². The van der Waals surface area contributed by atoms with Gasteiger partial charge in [0.15, 0.2) is 0 Å². The van der Waals surface area contributed by atoms with Crippen LogP contribution < -0.4 is 10.1 Å². The number of benzene rings is 2. The maximum atomic E-state index is 12.5. The molecule has 3 aromatic rings. The lowest BCUT2D eigenvalue weighted by Crippen LogP contribution is -2.19. The molecule has 4 rings (SSSR count). The Balaban J connectivity index is 1.35. The number of amides is 1. The summed E-state index contributed by atoms with van der Waals surface area (Å²) in [6.07, 6.45) is 2.35. The number of fused-ring (bicyclic) bond motifs is 1. The first kappa shape index (κ1) is 17.5. The van der Waals surface area contributed by atoms with Gasteiger partial charge in [0.25, 0.3) is 0 Å². The van der Waals surface area contributed by atoms with Crippen LogP contribution in [-0.2, 0) is 16.1 Å². The molecule has 0 unspecified atom stereocenters. The van der Waals surface area contributed by atoms with Crippen LogP contribution in [-0.4, -0.2) is 34.8 Å². The van der Waals surface area contributed by atoms with Crippen molar-refractivity contribution in [2.45, 2.75) is 32.4 Å². The Morgan fingerprint density at radius 1 is 1.26 bits per heavy atom. The average Bonchev–Trinajstić information content (AvgIpc) is 3.30. The summed E-state index contributed by atoms with van der Waals surface area (Å²) in [5, 5.41) is 2.93. The average molecular weight is 365 g/mol. The van der Waals surface area contributed by atoms with Gasteiger partial charge < -0.3 is 19.4 Å². The van der Waals surface area contributed by atoms with Gasteiger partial charge in [-0.15, -0.1) is 0 Å². The van der Waals surface area contributed by atoms with Gasteiger partial charge >= 0.3 is 0 Å². The van der Waals surface area contributed by atoms with E-state index in [1.807, 2.05) is 60.0 Å². The highest BCUT2D eigenvalue weighted by Gasteiger charge is 2.16. The number of aryl methyl sites for hydroxylation is 1. The smallest absolute Gasteiger partial charge is 0.244 e. The van der Waals surface area contributed by atoms with Crippen molar-refractivity contribution in [3.05, 3.63) is 54.4 Å². The topological polar surface area (TPSA) is 65.4 Å². The zero-order valence-corrected chi connectivity index (χ0v) is 15.4. The fourth-order valence-corrected chi connectivity index (χ4v) is 3.34. The van der Waals surface area contributed by atoms with Crippen LogP contribution in [0.15, 0.2) is 48.5 Å². The van der Waals surface area contributed by atoms with E-state index in [1.54, 1.807) is 0 Å². The van der Waals surface area contributed by atoms with Gasteiger partial charge in [-0.25, -0.2) is 4.98 Å². The molecule has 1 saturated heterocycles. The third-order valence-corrected chi connectivity index (χ3v) is 4.75. The Kier molecular flexibility index (Phi) is 5.07. The number of para-hydroxylation sites is 2. The van der Waals surface area contributed by atoms with Crippen molar-refractivity contribution < 1.29 is 14.3 Å². The van der Waals surface area contributed by atoms with Crippen LogP contribution in [0.3, 0.4) is 0 Å². The Morgan fingerprint density at radius 3 is 2.85 bits per heavy atom. The summed E-state index contributed by atoms with van der Waals surface area (Å²) in [5.41, 5.74) is 2.60. The molecule has 1 aromatic heterocycles. The molecule has 2 heterocycles. The number of carbonyl (C=O) groups excluding carboxylic acids is 1. The second kappa shape index (κ2) is 7.80.